The summed E-state index contributed by atoms with van der Waals surface area (Å²) >= 11 is 0. The van der Waals surface area contributed by atoms with Crippen molar-refractivity contribution < 1.29 is 4.74 Å². The van der Waals surface area contributed by atoms with Crippen LogP contribution in [0.25, 0.3) is 0 Å². The first-order valence-corrected chi connectivity index (χ1v) is 6.05. The second kappa shape index (κ2) is 7.29. The number of nitrogens with one attached hydrogen (secondary N) is 1. The molecule has 5 nitrogen and oxygen atoms in total. The lowest BCUT2D eigenvalue weighted by Gasteiger charge is -2.20. The van der Waals surface area contributed by atoms with E-state index in [1.165, 1.54) is 0 Å². The maximum atomic E-state index is 5.02. The van der Waals surface area contributed by atoms with Gasteiger partial charge in [0, 0.05) is 45.2 Å². The van der Waals surface area contributed by atoms with Crippen molar-refractivity contribution in [3.63, 3.8) is 0 Å². The first-order chi connectivity index (χ1) is 8.15. The molecule has 1 aromatic heterocycles. The van der Waals surface area contributed by atoms with Crippen LogP contribution in [0.5, 0.6) is 0 Å². The van der Waals surface area contributed by atoms with Crippen LogP contribution in [0.1, 0.15) is 19.4 Å². The van der Waals surface area contributed by atoms with E-state index >= 15 is 0 Å². The molecule has 5 heteroatoms. The molecule has 0 bridgehead atoms. The number of methoxy groups -OCH3 is 1. The summed E-state index contributed by atoms with van der Waals surface area (Å²) in [6.07, 6.45) is 4.85. The molecule has 0 amide bonds. The molecule has 0 aliphatic carbocycles. The van der Waals surface area contributed by atoms with Gasteiger partial charge in [-0.15, -0.1) is 0 Å². The molecule has 0 saturated carbocycles. The molecule has 0 spiro atoms. The highest BCUT2D eigenvalue weighted by molar-refractivity contribution is 5.26. The van der Waals surface area contributed by atoms with E-state index in [4.69, 9.17) is 4.74 Å². The van der Waals surface area contributed by atoms with Gasteiger partial charge >= 0.3 is 0 Å². The zero-order valence-corrected chi connectivity index (χ0v) is 11.3. The Morgan fingerprint density at radius 2 is 2.29 bits per heavy atom. The summed E-state index contributed by atoms with van der Waals surface area (Å²) in [6, 6.07) is 0.414. The van der Waals surface area contributed by atoms with Gasteiger partial charge in [0.15, 0.2) is 0 Å². The largest absolute Gasteiger partial charge is 0.385 e. The molecular weight excluding hydrogens is 216 g/mol. The van der Waals surface area contributed by atoms with Crippen LogP contribution < -0.4 is 5.32 Å². The molecule has 0 aliphatic heterocycles. The average Bonchev–Trinajstić information content (AvgIpc) is 2.71. The van der Waals surface area contributed by atoms with Crippen LogP contribution in [-0.4, -0.2) is 55.4 Å². The minimum absolute atomic E-state index is 0.414. The van der Waals surface area contributed by atoms with Gasteiger partial charge in [0.2, 0.25) is 5.95 Å². The van der Waals surface area contributed by atoms with Crippen molar-refractivity contribution in [2.75, 3.05) is 46.2 Å². The molecule has 98 valence electrons. The molecule has 1 atom stereocenters. The molecular formula is C12H24N4O. The third-order valence-electron chi connectivity index (χ3n) is 2.58. The summed E-state index contributed by atoms with van der Waals surface area (Å²) in [7, 11) is 5.89. The number of hydrogen-bond donors (Lipinski definition) is 1. The van der Waals surface area contributed by atoms with Crippen LogP contribution in [0.15, 0.2) is 12.4 Å². The van der Waals surface area contributed by atoms with Gasteiger partial charge in [0.05, 0.1) is 0 Å². The highest BCUT2D eigenvalue weighted by Gasteiger charge is 2.10. The Bertz CT molecular complexity index is 311. The minimum Gasteiger partial charge on any atom is -0.385 e. The molecule has 1 N–H and O–H groups in total. The number of anilines is 1. The van der Waals surface area contributed by atoms with E-state index in [2.05, 4.69) is 40.8 Å². The Balaban J connectivity index is 2.47. The van der Waals surface area contributed by atoms with Gasteiger partial charge in [-0.1, -0.05) is 0 Å². The summed E-state index contributed by atoms with van der Waals surface area (Å²) in [6.45, 7) is 4.87. The summed E-state index contributed by atoms with van der Waals surface area (Å²) in [5, 5.41) is 3.34. The van der Waals surface area contributed by atoms with Crippen molar-refractivity contribution in [2.45, 2.75) is 19.4 Å². The zero-order valence-electron chi connectivity index (χ0n) is 11.3. The van der Waals surface area contributed by atoms with E-state index in [-0.39, 0.29) is 0 Å². The molecule has 1 aromatic rings. The summed E-state index contributed by atoms with van der Waals surface area (Å²) in [4.78, 5) is 6.51. The van der Waals surface area contributed by atoms with Gasteiger partial charge in [0.25, 0.3) is 0 Å². The smallest absolute Gasteiger partial charge is 0.203 e. The van der Waals surface area contributed by atoms with Crippen molar-refractivity contribution in [1.82, 2.24) is 14.5 Å². The lowest BCUT2D eigenvalue weighted by molar-refractivity contribution is 0.197. The van der Waals surface area contributed by atoms with E-state index in [0.29, 0.717) is 6.04 Å². The number of nitrogens with zero attached hydrogens (tertiary/aromatic N) is 3. The minimum atomic E-state index is 0.414. The summed E-state index contributed by atoms with van der Waals surface area (Å²) < 4.78 is 7.19. The molecule has 1 unspecified atom stereocenters. The van der Waals surface area contributed by atoms with E-state index in [1.807, 2.05) is 12.4 Å². The van der Waals surface area contributed by atoms with Crippen LogP contribution in [0.4, 0.5) is 5.95 Å². The van der Waals surface area contributed by atoms with Crippen LogP contribution in [0.3, 0.4) is 0 Å². The van der Waals surface area contributed by atoms with E-state index in [9.17, 15) is 0 Å². The monoisotopic (exact) mass is 240 g/mol. The molecule has 17 heavy (non-hydrogen) atoms. The highest BCUT2D eigenvalue weighted by atomic mass is 16.5. The van der Waals surface area contributed by atoms with Gasteiger partial charge in [0.1, 0.15) is 0 Å². The zero-order chi connectivity index (χ0) is 12.7. The van der Waals surface area contributed by atoms with E-state index in [1.54, 1.807) is 7.11 Å². The lowest BCUT2D eigenvalue weighted by Crippen LogP contribution is -2.23. The number of rotatable bonds is 8. The van der Waals surface area contributed by atoms with Crippen molar-refractivity contribution in [2.24, 2.45) is 0 Å². The molecule has 0 radical (unpaired) electrons. The Labute approximate surface area is 104 Å². The second-order valence-electron chi connectivity index (χ2n) is 4.54. The van der Waals surface area contributed by atoms with E-state index < -0.39 is 0 Å². The standard InChI is InChI=1S/C12H24N4O/c1-11(10-15(2)3)16-8-7-14-12(16)13-6-5-9-17-4/h7-8,11H,5-6,9-10H2,1-4H3,(H,13,14). The van der Waals surface area contributed by atoms with Gasteiger partial charge in [-0.25, -0.2) is 4.98 Å². The fourth-order valence-electron chi connectivity index (χ4n) is 1.84. The van der Waals surface area contributed by atoms with Crippen LogP contribution in [0, 0.1) is 0 Å². The van der Waals surface area contributed by atoms with Crippen molar-refractivity contribution in [3.8, 4) is 0 Å². The second-order valence-corrected chi connectivity index (χ2v) is 4.54. The maximum absolute atomic E-state index is 5.02. The predicted molar refractivity (Wildman–Crippen MR) is 70.5 cm³/mol. The Morgan fingerprint density at radius 3 is 2.94 bits per heavy atom. The fraction of sp³-hybridized carbons (Fsp3) is 0.750. The fourth-order valence-corrected chi connectivity index (χ4v) is 1.84. The van der Waals surface area contributed by atoms with Gasteiger partial charge in [-0.3, -0.25) is 0 Å². The first-order valence-electron chi connectivity index (χ1n) is 6.05. The third-order valence-corrected chi connectivity index (χ3v) is 2.58. The van der Waals surface area contributed by atoms with Crippen LogP contribution in [-0.2, 0) is 4.74 Å². The predicted octanol–water partition coefficient (Wildman–Crippen LogP) is 1.45. The molecule has 0 fully saturated rings. The molecule has 0 saturated heterocycles. The summed E-state index contributed by atoms with van der Waals surface area (Å²) in [5.41, 5.74) is 0. The first kappa shape index (κ1) is 14.0. The average molecular weight is 240 g/mol. The SMILES string of the molecule is COCCCNc1nccn1C(C)CN(C)C. The molecule has 1 heterocycles. The van der Waals surface area contributed by atoms with Crippen LogP contribution in [0.2, 0.25) is 0 Å². The Kier molecular flexibility index (Phi) is 6.00. The lowest BCUT2D eigenvalue weighted by atomic mass is 10.3. The topological polar surface area (TPSA) is 42.3 Å². The third kappa shape index (κ3) is 4.75. The van der Waals surface area contributed by atoms with Gasteiger partial charge in [-0.2, -0.15) is 0 Å². The van der Waals surface area contributed by atoms with Crippen molar-refractivity contribution in [1.29, 1.82) is 0 Å². The number of imidazole rings is 1. The van der Waals surface area contributed by atoms with Gasteiger partial charge < -0.3 is 19.5 Å². The number of likely N-dealkylation sites (N-methyl/N-ethyl adjacent to an activating group) is 1. The van der Waals surface area contributed by atoms with Crippen LogP contribution >= 0.6 is 0 Å². The number of aromatic nitrogens is 2. The van der Waals surface area contributed by atoms with Crippen molar-refractivity contribution >= 4 is 5.95 Å². The van der Waals surface area contributed by atoms with Crippen molar-refractivity contribution in [3.05, 3.63) is 12.4 Å². The van der Waals surface area contributed by atoms with Gasteiger partial charge in [-0.05, 0) is 27.4 Å². The normalized spacial score (nSPS) is 13.0. The summed E-state index contributed by atoms with van der Waals surface area (Å²) in [5.74, 6) is 0.940. The molecule has 0 aliphatic rings. The maximum Gasteiger partial charge on any atom is 0.203 e. The quantitative estimate of drug-likeness (QED) is 0.698. The molecule has 0 aromatic carbocycles. The highest BCUT2D eigenvalue weighted by Crippen LogP contribution is 2.13. The molecule has 1 rings (SSSR count). The van der Waals surface area contributed by atoms with E-state index in [0.717, 1.165) is 32.1 Å². The number of hydrogen-bond acceptors (Lipinski definition) is 4. The number of ether oxygens (including phenoxy) is 1. The Hall–Kier alpha value is -1.07. The Morgan fingerprint density at radius 1 is 1.53 bits per heavy atom.